The average Bonchev–Trinajstić information content (AvgIpc) is 3.01. The summed E-state index contributed by atoms with van der Waals surface area (Å²) in [5.41, 5.74) is 1.38. The zero-order valence-electron chi connectivity index (χ0n) is 19.4. The number of hydrogen-bond donors (Lipinski definition) is 1. The molecular weight excluding hydrogens is 457 g/mol. The van der Waals surface area contributed by atoms with Crippen molar-refractivity contribution in [1.82, 2.24) is 14.5 Å². The number of aryl methyl sites for hydroxylation is 1. The maximum Gasteiger partial charge on any atom is 0.416 e. The Morgan fingerprint density at radius 3 is 2.66 bits per heavy atom. The van der Waals surface area contributed by atoms with Crippen molar-refractivity contribution < 1.29 is 22.8 Å². The summed E-state index contributed by atoms with van der Waals surface area (Å²) in [5, 5.41) is 2.72. The number of rotatable bonds is 3. The number of alkyl halides is 3. The molecule has 1 unspecified atom stereocenters. The fraction of sp³-hybridized carbons (Fsp3) is 0.346. The largest absolute Gasteiger partial charge is 0.416 e. The minimum absolute atomic E-state index is 0.119. The van der Waals surface area contributed by atoms with Crippen molar-refractivity contribution in [3.05, 3.63) is 59.2 Å². The van der Waals surface area contributed by atoms with Gasteiger partial charge in [-0.3, -0.25) is 14.9 Å². The number of benzene rings is 2. The number of carbonyl (C=O) groups is 2. The first-order valence-corrected chi connectivity index (χ1v) is 11.4. The summed E-state index contributed by atoms with van der Waals surface area (Å²) in [6.45, 7) is 4.52. The summed E-state index contributed by atoms with van der Waals surface area (Å²) in [5.74, 6) is 4.53. The van der Waals surface area contributed by atoms with Crippen LogP contribution in [0.3, 0.4) is 0 Å². The molecule has 1 fully saturated rings. The molecule has 1 N–H and O–H groups in total. The highest BCUT2D eigenvalue weighted by Crippen LogP contribution is 2.33. The van der Waals surface area contributed by atoms with Crippen molar-refractivity contribution in [3.8, 4) is 11.8 Å². The van der Waals surface area contributed by atoms with E-state index in [9.17, 15) is 22.8 Å². The highest BCUT2D eigenvalue weighted by Gasteiger charge is 2.31. The number of para-hydroxylation sites is 1. The Hall–Kier alpha value is -3.80. The van der Waals surface area contributed by atoms with Gasteiger partial charge in [0.05, 0.1) is 22.6 Å². The third-order valence-electron chi connectivity index (χ3n) is 6.12. The predicted molar refractivity (Wildman–Crippen MR) is 127 cm³/mol. The molecule has 1 aliphatic rings. The second kappa shape index (κ2) is 9.82. The van der Waals surface area contributed by atoms with Gasteiger partial charge in [0.2, 0.25) is 5.95 Å². The van der Waals surface area contributed by atoms with Crippen LogP contribution in [-0.4, -0.2) is 39.4 Å². The Kier molecular flexibility index (Phi) is 6.83. The van der Waals surface area contributed by atoms with Crippen LogP contribution in [0.4, 0.5) is 19.1 Å². The van der Waals surface area contributed by atoms with Crippen LogP contribution >= 0.6 is 0 Å². The Morgan fingerprint density at radius 1 is 1.14 bits per heavy atom. The van der Waals surface area contributed by atoms with Gasteiger partial charge in [-0.05, 0) is 68.9 Å². The Balaban J connectivity index is 1.74. The van der Waals surface area contributed by atoms with E-state index in [0.29, 0.717) is 18.6 Å². The quantitative estimate of drug-likeness (QED) is 0.523. The van der Waals surface area contributed by atoms with E-state index in [2.05, 4.69) is 22.1 Å². The van der Waals surface area contributed by atoms with E-state index in [1.807, 2.05) is 29.7 Å². The minimum atomic E-state index is -4.56. The van der Waals surface area contributed by atoms with E-state index >= 15 is 0 Å². The second-order valence-electron chi connectivity index (χ2n) is 8.56. The number of carbonyl (C=O) groups excluding carboxylic acids is 2. The van der Waals surface area contributed by atoms with Crippen LogP contribution in [0.15, 0.2) is 42.5 Å². The molecule has 3 aromatic rings. The fourth-order valence-corrected chi connectivity index (χ4v) is 4.48. The van der Waals surface area contributed by atoms with Crippen molar-refractivity contribution in [2.45, 2.75) is 45.3 Å². The van der Waals surface area contributed by atoms with Gasteiger partial charge in [-0.1, -0.05) is 24.1 Å². The number of likely N-dealkylation sites (tertiary alicyclic amines) is 1. The number of aromatic nitrogens is 2. The Labute approximate surface area is 201 Å². The normalized spacial score (nSPS) is 16.4. The Bertz CT molecular complexity index is 1330. The van der Waals surface area contributed by atoms with Gasteiger partial charge in [0.1, 0.15) is 0 Å². The molecule has 182 valence electrons. The summed E-state index contributed by atoms with van der Waals surface area (Å²) < 4.78 is 41.4. The monoisotopic (exact) mass is 482 g/mol. The first-order chi connectivity index (χ1) is 16.7. The molecule has 1 aliphatic heterocycles. The van der Waals surface area contributed by atoms with Gasteiger partial charge in [-0.15, -0.1) is 0 Å². The van der Waals surface area contributed by atoms with E-state index in [4.69, 9.17) is 0 Å². The highest BCUT2D eigenvalue weighted by atomic mass is 19.4. The lowest BCUT2D eigenvalue weighted by Gasteiger charge is -2.26. The van der Waals surface area contributed by atoms with Crippen molar-refractivity contribution in [3.63, 3.8) is 0 Å². The lowest BCUT2D eigenvalue weighted by molar-refractivity contribution is -0.137. The van der Waals surface area contributed by atoms with Crippen LogP contribution in [-0.2, 0) is 11.0 Å². The van der Waals surface area contributed by atoms with E-state index < -0.39 is 17.6 Å². The third-order valence-corrected chi connectivity index (χ3v) is 6.12. The number of nitrogens with zero attached hydrogens (tertiary/aromatic N) is 3. The van der Waals surface area contributed by atoms with E-state index in [0.717, 1.165) is 42.5 Å². The van der Waals surface area contributed by atoms with Gasteiger partial charge in [0, 0.05) is 18.7 Å². The molecule has 0 radical (unpaired) electrons. The van der Waals surface area contributed by atoms with Crippen molar-refractivity contribution >= 4 is 28.8 Å². The lowest BCUT2D eigenvalue weighted by Crippen LogP contribution is -2.35. The molecule has 0 aliphatic carbocycles. The Morgan fingerprint density at radius 2 is 1.91 bits per heavy atom. The topological polar surface area (TPSA) is 67.2 Å². The van der Waals surface area contributed by atoms with Crippen LogP contribution in [0.5, 0.6) is 0 Å². The molecular formula is C26H25F3N4O2. The number of imidazole rings is 1. The van der Waals surface area contributed by atoms with Gasteiger partial charge < -0.3 is 9.47 Å². The molecule has 9 heteroatoms. The number of fused-ring (bicyclic) bond motifs is 1. The molecule has 2 amide bonds. The first kappa shape index (κ1) is 24.3. The molecule has 35 heavy (non-hydrogen) atoms. The van der Waals surface area contributed by atoms with Gasteiger partial charge in [0.15, 0.2) is 0 Å². The standard InChI is InChI=1S/C26H25F3N4O2/c1-3-8-22(34)32-14-5-4-12-20(16-32)33-23-17(2)9-6-13-21(23)30-25(33)31-24(35)18-10-7-11-19(15-18)26(27,28)29/h6-7,9-11,13,15,20H,4-5,12,14,16H2,1-2H3,(H,30,31,35). The predicted octanol–water partition coefficient (Wildman–Crippen LogP) is 5.19. The molecule has 0 bridgehead atoms. The molecule has 1 aromatic heterocycles. The van der Waals surface area contributed by atoms with E-state index in [1.165, 1.54) is 12.1 Å². The second-order valence-corrected chi connectivity index (χ2v) is 8.56. The maximum atomic E-state index is 13.2. The summed E-state index contributed by atoms with van der Waals surface area (Å²) >= 11 is 0. The summed E-state index contributed by atoms with van der Waals surface area (Å²) in [7, 11) is 0. The summed E-state index contributed by atoms with van der Waals surface area (Å²) in [6, 6.07) is 9.69. The molecule has 4 rings (SSSR count). The molecule has 2 heterocycles. The molecule has 1 atom stereocenters. The van der Waals surface area contributed by atoms with E-state index in [1.54, 1.807) is 11.8 Å². The van der Waals surface area contributed by atoms with Gasteiger partial charge in [-0.25, -0.2) is 4.98 Å². The van der Waals surface area contributed by atoms with Crippen molar-refractivity contribution in [2.75, 3.05) is 18.4 Å². The molecule has 1 saturated heterocycles. The number of nitrogens with one attached hydrogen (secondary N) is 1. The maximum absolute atomic E-state index is 13.2. The summed E-state index contributed by atoms with van der Waals surface area (Å²) in [4.78, 5) is 31.8. The van der Waals surface area contributed by atoms with Gasteiger partial charge in [0.25, 0.3) is 11.8 Å². The smallest absolute Gasteiger partial charge is 0.330 e. The van der Waals surface area contributed by atoms with Crippen LogP contribution < -0.4 is 5.32 Å². The third kappa shape index (κ3) is 5.16. The number of anilines is 1. The van der Waals surface area contributed by atoms with E-state index in [-0.39, 0.29) is 23.5 Å². The van der Waals surface area contributed by atoms with Crippen LogP contribution in [0.25, 0.3) is 11.0 Å². The van der Waals surface area contributed by atoms with Crippen molar-refractivity contribution in [1.29, 1.82) is 0 Å². The molecule has 6 nitrogen and oxygen atoms in total. The summed E-state index contributed by atoms with van der Waals surface area (Å²) in [6.07, 6.45) is -2.13. The van der Waals surface area contributed by atoms with Gasteiger partial charge in [-0.2, -0.15) is 13.2 Å². The zero-order valence-corrected chi connectivity index (χ0v) is 19.4. The van der Waals surface area contributed by atoms with Crippen LogP contribution in [0.2, 0.25) is 0 Å². The molecule has 0 saturated carbocycles. The number of hydrogen-bond acceptors (Lipinski definition) is 3. The van der Waals surface area contributed by atoms with Crippen LogP contribution in [0, 0.1) is 18.8 Å². The fourth-order valence-electron chi connectivity index (χ4n) is 4.48. The molecule has 0 spiro atoms. The zero-order chi connectivity index (χ0) is 25.2. The van der Waals surface area contributed by atoms with Crippen LogP contribution in [0.1, 0.15) is 53.7 Å². The SMILES string of the molecule is CC#CC(=O)N1CCCCC(n2c(NC(=O)c3cccc(C(F)(F)F)c3)nc3cccc(C)c32)C1. The number of amides is 2. The average molecular weight is 483 g/mol. The minimum Gasteiger partial charge on any atom is -0.330 e. The van der Waals surface area contributed by atoms with Gasteiger partial charge >= 0.3 is 6.18 Å². The lowest BCUT2D eigenvalue weighted by atomic mass is 10.1. The first-order valence-electron chi connectivity index (χ1n) is 11.4. The number of halogens is 3. The molecule has 2 aromatic carbocycles. The highest BCUT2D eigenvalue weighted by molar-refractivity contribution is 6.04. The van der Waals surface area contributed by atoms with Crippen molar-refractivity contribution in [2.24, 2.45) is 0 Å².